The molecule has 2 nitrogen and oxygen atoms in total. The summed E-state index contributed by atoms with van der Waals surface area (Å²) < 4.78 is 6.40. The van der Waals surface area contributed by atoms with Crippen molar-refractivity contribution >= 4 is 38.7 Å². The zero-order valence-electron chi connectivity index (χ0n) is 11.4. The maximum absolute atomic E-state index is 12.0. The molecule has 4 heteroatoms. The van der Waals surface area contributed by atoms with Crippen molar-refractivity contribution in [1.29, 1.82) is 0 Å². The largest absolute Gasteiger partial charge is 0.423 e. The number of thioether (sulfide) groups is 1. The summed E-state index contributed by atoms with van der Waals surface area (Å²) in [6.45, 7) is 2.05. The second-order valence-electron chi connectivity index (χ2n) is 4.82. The Morgan fingerprint density at radius 1 is 1.14 bits per heavy atom. The Hall–Kier alpha value is -1.52. The van der Waals surface area contributed by atoms with Gasteiger partial charge in [-0.3, -0.25) is 0 Å². The van der Waals surface area contributed by atoms with E-state index >= 15 is 0 Å². The second kappa shape index (κ2) is 6.08. The minimum absolute atomic E-state index is 0.260. The summed E-state index contributed by atoms with van der Waals surface area (Å²) in [6.07, 6.45) is 0. The molecule has 0 bridgehead atoms. The first kappa shape index (κ1) is 14.4. The van der Waals surface area contributed by atoms with Crippen molar-refractivity contribution in [1.82, 2.24) is 0 Å². The topological polar surface area (TPSA) is 30.2 Å². The molecule has 0 atom stereocenters. The minimum Gasteiger partial charge on any atom is -0.423 e. The van der Waals surface area contributed by atoms with Crippen LogP contribution in [-0.2, 0) is 5.75 Å². The highest BCUT2D eigenvalue weighted by Crippen LogP contribution is 2.30. The van der Waals surface area contributed by atoms with Crippen LogP contribution in [0.4, 0.5) is 0 Å². The third-order valence-corrected chi connectivity index (χ3v) is 5.23. The summed E-state index contributed by atoms with van der Waals surface area (Å²) >= 11 is 5.18. The van der Waals surface area contributed by atoms with Crippen LogP contribution in [0.3, 0.4) is 0 Å². The highest BCUT2D eigenvalue weighted by molar-refractivity contribution is 9.10. The van der Waals surface area contributed by atoms with E-state index < -0.39 is 0 Å². The maximum atomic E-state index is 12.0. The molecule has 0 saturated heterocycles. The monoisotopic (exact) mass is 360 g/mol. The van der Waals surface area contributed by atoms with Crippen LogP contribution in [0.5, 0.6) is 0 Å². The lowest BCUT2D eigenvalue weighted by Gasteiger charge is -2.05. The van der Waals surface area contributed by atoms with Gasteiger partial charge in [-0.15, -0.1) is 11.8 Å². The van der Waals surface area contributed by atoms with Crippen LogP contribution < -0.4 is 5.63 Å². The van der Waals surface area contributed by atoms with Gasteiger partial charge in [-0.25, -0.2) is 4.79 Å². The molecule has 0 fully saturated rings. The van der Waals surface area contributed by atoms with Crippen LogP contribution in [0.15, 0.2) is 67.1 Å². The molecule has 0 N–H and O–H groups in total. The third kappa shape index (κ3) is 3.22. The Morgan fingerprint density at radius 2 is 1.95 bits per heavy atom. The summed E-state index contributed by atoms with van der Waals surface area (Å²) in [4.78, 5) is 13.1. The molecule has 1 aromatic heterocycles. The quantitative estimate of drug-likeness (QED) is 0.477. The molecule has 0 amide bonds. The molecule has 0 spiro atoms. The van der Waals surface area contributed by atoms with Gasteiger partial charge in [0.05, 0.1) is 0 Å². The number of para-hydroxylation sites is 1. The highest BCUT2D eigenvalue weighted by atomic mass is 79.9. The van der Waals surface area contributed by atoms with Gasteiger partial charge in [-0.2, -0.15) is 0 Å². The number of hydrogen-bond donors (Lipinski definition) is 0. The molecule has 0 aliphatic heterocycles. The van der Waals surface area contributed by atoms with E-state index in [2.05, 4.69) is 41.1 Å². The van der Waals surface area contributed by atoms with Gasteiger partial charge >= 0.3 is 5.63 Å². The van der Waals surface area contributed by atoms with E-state index in [0.29, 0.717) is 16.9 Å². The zero-order valence-corrected chi connectivity index (χ0v) is 13.8. The number of aryl methyl sites for hydroxylation is 1. The van der Waals surface area contributed by atoms with Crippen molar-refractivity contribution in [3.8, 4) is 0 Å². The lowest BCUT2D eigenvalue weighted by Crippen LogP contribution is -2.05. The van der Waals surface area contributed by atoms with Crippen molar-refractivity contribution in [2.45, 2.75) is 17.6 Å². The van der Waals surface area contributed by atoms with Gasteiger partial charge in [0.25, 0.3) is 0 Å². The van der Waals surface area contributed by atoms with Gasteiger partial charge in [0.15, 0.2) is 0 Å². The molecule has 0 saturated carbocycles. The first-order valence-electron chi connectivity index (χ1n) is 6.54. The van der Waals surface area contributed by atoms with Crippen LogP contribution in [0.2, 0.25) is 0 Å². The highest BCUT2D eigenvalue weighted by Gasteiger charge is 2.07. The normalized spacial score (nSPS) is 11.0. The van der Waals surface area contributed by atoms with E-state index in [4.69, 9.17) is 4.42 Å². The van der Waals surface area contributed by atoms with Crippen molar-refractivity contribution in [2.24, 2.45) is 0 Å². The van der Waals surface area contributed by atoms with Crippen LogP contribution in [0, 0.1) is 6.92 Å². The molecular formula is C17H13BrO2S. The van der Waals surface area contributed by atoms with Crippen LogP contribution >= 0.6 is 27.7 Å². The molecule has 106 valence electrons. The van der Waals surface area contributed by atoms with Crippen molar-refractivity contribution in [3.63, 3.8) is 0 Å². The predicted octanol–water partition coefficient (Wildman–Crippen LogP) is 5.16. The molecule has 0 aliphatic rings. The number of fused-ring (bicyclic) bond motifs is 1. The van der Waals surface area contributed by atoms with E-state index in [1.165, 1.54) is 5.56 Å². The van der Waals surface area contributed by atoms with Gasteiger partial charge in [-0.1, -0.05) is 24.3 Å². The van der Waals surface area contributed by atoms with E-state index in [1.807, 2.05) is 30.3 Å². The fourth-order valence-corrected chi connectivity index (χ4v) is 3.79. The van der Waals surface area contributed by atoms with Gasteiger partial charge in [-0.05, 0) is 52.7 Å². The Morgan fingerprint density at radius 3 is 2.76 bits per heavy atom. The Labute approximate surface area is 135 Å². The SMILES string of the molecule is Cc1ccc(SCc2cc3ccccc3oc2=O)c(Br)c1. The van der Waals surface area contributed by atoms with Crippen LogP contribution in [-0.4, -0.2) is 0 Å². The molecule has 3 rings (SSSR count). The molecule has 0 radical (unpaired) electrons. The summed E-state index contributed by atoms with van der Waals surface area (Å²) in [5, 5.41) is 0.954. The fourth-order valence-electron chi connectivity index (χ4n) is 2.08. The molecular weight excluding hydrogens is 348 g/mol. The minimum atomic E-state index is -0.260. The van der Waals surface area contributed by atoms with Gasteiger partial charge in [0.2, 0.25) is 0 Å². The van der Waals surface area contributed by atoms with Crippen molar-refractivity contribution in [3.05, 3.63) is 74.6 Å². The predicted molar refractivity (Wildman–Crippen MR) is 90.9 cm³/mol. The summed E-state index contributed by atoms with van der Waals surface area (Å²) in [5.41, 5.74) is 2.26. The zero-order chi connectivity index (χ0) is 14.8. The van der Waals surface area contributed by atoms with E-state index in [0.717, 1.165) is 14.8 Å². The van der Waals surface area contributed by atoms with Crippen LogP contribution in [0.1, 0.15) is 11.1 Å². The Bertz CT molecular complexity index is 855. The molecule has 0 unspecified atom stereocenters. The smallest absolute Gasteiger partial charge is 0.340 e. The van der Waals surface area contributed by atoms with Gasteiger partial charge in [0.1, 0.15) is 5.58 Å². The Kier molecular flexibility index (Phi) is 4.17. The second-order valence-corrected chi connectivity index (χ2v) is 6.69. The summed E-state index contributed by atoms with van der Waals surface area (Å²) in [7, 11) is 0. The lowest BCUT2D eigenvalue weighted by atomic mass is 10.2. The molecule has 21 heavy (non-hydrogen) atoms. The first-order chi connectivity index (χ1) is 10.1. The average molecular weight is 361 g/mol. The van der Waals surface area contributed by atoms with Crippen molar-refractivity contribution < 1.29 is 4.42 Å². The number of halogens is 1. The lowest BCUT2D eigenvalue weighted by molar-refractivity contribution is 0.554. The van der Waals surface area contributed by atoms with E-state index in [9.17, 15) is 4.79 Å². The summed E-state index contributed by atoms with van der Waals surface area (Å²) in [6, 6.07) is 15.7. The fraction of sp³-hybridized carbons (Fsp3) is 0.118. The Balaban J connectivity index is 1.88. The first-order valence-corrected chi connectivity index (χ1v) is 8.32. The molecule has 1 heterocycles. The average Bonchev–Trinajstić information content (AvgIpc) is 2.46. The number of benzene rings is 2. The number of rotatable bonds is 3. The molecule has 2 aromatic carbocycles. The maximum Gasteiger partial charge on any atom is 0.340 e. The van der Waals surface area contributed by atoms with Crippen LogP contribution in [0.25, 0.3) is 11.0 Å². The third-order valence-electron chi connectivity index (χ3n) is 3.18. The van der Waals surface area contributed by atoms with Gasteiger partial charge in [0, 0.05) is 26.1 Å². The molecule has 3 aromatic rings. The van der Waals surface area contributed by atoms with Gasteiger partial charge < -0.3 is 4.42 Å². The standard InChI is InChI=1S/C17H13BrO2S/c1-11-6-7-16(14(18)8-11)21-10-13-9-12-4-2-3-5-15(12)20-17(13)19/h2-9H,10H2,1H3. The van der Waals surface area contributed by atoms with E-state index in [-0.39, 0.29) is 5.63 Å². The van der Waals surface area contributed by atoms with Crippen molar-refractivity contribution in [2.75, 3.05) is 0 Å². The molecule has 0 aliphatic carbocycles. The number of hydrogen-bond acceptors (Lipinski definition) is 3. The summed E-state index contributed by atoms with van der Waals surface area (Å²) in [5.74, 6) is 0.592. The van der Waals surface area contributed by atoms with E-state index in [1.54, 1.807) is 11.8 Å².